The van der Waals surface area contributed by atoms with Crippen LogP contribution in [0.3, 0.4) is 0 Å². The molecule has 1 saturated heterocycles. The van der Waals surface area contributed by atoms with Gasteiger partial charge in [0.15, 0.2) is 0 Å². The van der Waals surface area contributed by atoms with Crippen LogP contribution >= 0.6 is 0 Å². The lowest BCUT2D eigenvalue weighted by Crippen LogP contribution is -2.35. The minimum atomic E-state index is 0.0179. The van der Waals surface area contributed by atoms with Crippen LogP contribution in [-0.4, -0.2) is 41.8 Å². The molecular weight excluding hydrogens is 168 g/mol. The Labute approximate surface area is 77.5 Å². The van der Waals surface area contributed by atoms with Crippen LogP contribution in [0.25, 0.3) is 0 Å². The van der Waals surface area contributed by atoms with Crippen molar-refractivity contribution in [2.75, 3.05) is 13.2 Å². The highest BCUT2D eigenvalue weighted by Crippen LogP contribution is 2.21. The molecule has 0 amide bonds. The smallest absolute Gasteiger partial charge is 0.131 e. The van der Waals surface area contributed by atoms with Crippen LogP contribution < -0.4 is 0 Å². The zero-order valence-corrected chi connectivity index (χ0v) is 7.47. The molecule has 2 heterocycles. The SMILES string of the molecule is OCC1CC[C@H](N2C=NC=CC2)O1. The lowest BCUT2D eigenvalue weighted by Gasteiger charge is -2.26. The predicted octanol–water partition coefficient (Wildman–Crippen LogP) is 0.341. The van der Waals surface area contributed by atoms with Gasteiger partial charge in [-0.25, -0.2) is 4.99 Å². The Bertz CT molecular complexity index is 228. The molecule has 2 rings (SSSR count). The number of hydrogen-bond donors (Lipinski definition) is 1. The average molecular weight is 182 g/mol. The number of nitrogens with zero attached hydrogens (tertiary/aromatic N) is 2. The summed E-state index contributed by atoms with van der Waals surface area (Å²) in [6.45, 7) is 0.976. The minimum Gasteiger partial charge on any atom is -0.394 e. The van der Waals surface area contributed by atoms with E-state index in [1.54, 1.807) is 12.5 Å². The van der Waals surface area contributed by atoms with E-state index in [1.165, 1.54) is 0 Å². The summed E-state index contributed by atoms with van der Waals surface area (Å²) in [5.74, 6) is 0. The molecule has 1 fully saturated rings. The van der Waals surface area contributed by atoms with Crippen molar-refractivity contribution in [1.82, 2.24) is 4.90 Å². The molecule has 13 heavy (non-hydrogen) atoms. The Morgan fingerprint density at radius 3 is 3.08 bits per heavy atom. The van der Waals surface area contributed by atoms with Gasteiger partial charge in [-0.15, -0.1) is 0 Å². The number of hydrogen-bond acceptors (Lipinski definition) is 4. The maximum atomic E-state index is 8.89. The van der Waals surface area contributed by atoms with Crippen LogP contribution in [0.4, 0.5) is 0 Å². The number of ether oxygens (including phenoxy) is 1. The molecule has 2 aliphatic rings. The molecule has 72 valence electrons. The zero-order chi connectivity index (χ0) is 9.10. The first-order valence-corrected chi connectivity index (χ1v) is 4.60. The molecule has 1 unspecified atom stereocenters. The Morgan fingerprint density at radius 1 is 1.54 bits per heavy atom. The van der Waals surface area contributed by atoms with Crippen molar-refractivity contribution in [3.63, 3.8) is 0 Å². The zero-order valence-electron chi connectivity index (χ0n) is 7.47. The van der Waals surface area contributed by atoms with Crippen LogP contribution in [0.2, 0.25) is 0 Å². The van der Waals surface area contributed by atoms with Gasteiger partial charge in [0.1, 0.15) is 6.23 Å². The standard InChI is InChI=1S/C9H14N2O2/c12-6-8-2-3-9(13-8)11-5-1-4-10-7-11/h1,4,7-9,12H,2-3,5-6H2/t8?,9-/m1/s1. The molecule has 0 spiro atoms. The van der Waals surface area contributed by atoms with Crippen molar-refractivity contribution in [3.05, 3.63) is 12.3 Å². The van der Waals surface area contributed by atoms with E-state index >= 15 is 0 Å². The molecule has 2 atom stereocenters. The number of aliphatic imine (C=N–C) groups is 1. The van der Waals surface area contributed by atoms with Gasteiger partial charge >= 0.3 is 0 Å². The topological polar surface area (TPSA) is 45.1 Å². The molecular formula is C9H14N2O2. The monoisotopic (exact) mass is 182 g/mol. The molecule has 0 radical (unpaired) electrons. The number of aliphatic hydroxyl groups excluding tert-OH is 1. The summed E-state index contributed by atoms with van der Waals surface area (Å²) in [4.78, 5) is 6.08. The van der Waals surface area contributed by atoms with E-state index in [9.17, 15) is 0 Å². The molecule has 0 aromatic heterocycles. The van der Waals surface area contributed by atoms with E-state index in [-0.39, 0.29) is 18.9 Å². The molecule has 4 heteroatoms. The summed E-state index contributed by atoms with van der Waals surface area (Å²) >= 11 is 0. The fraction of sp³-hybridized carbons (Fsp3) is 0.667. The highest BCUT2D eigenvalue weighted by Gasteiger charge is 2.28. The molecule has 0 saturated carbocycles. The Hall–Kier alpha value is -0.870. The molecule has 0 aliphatic carbocycles. The van der Waals surface area contributed by atoms with Gasteiger partial charge in [0.2, 0.25) is 0 Å². The van der Waals surface area contributed by atoms with E-state index in [0.717, 1.165) is 19.4 Å². The van der Waals surface area contributed by atoms with Gasteiger partial charge in [-0.3, -0.25) is 0 Å². The second-order valence-electron chi connectivity index (χ2n) is 3.32. The minimum absolute atomic E-state index is 0.0179. The lowest BCUT2D eigenvalue weighted by molar-refractivity contribution is -0.0376. The van der Waals surface area contributed by atoms with Crippen molar-refractivity contribution in [1.29, 1.82) is 0 Å². The van der Waals surface area contributed by atoms with Crippen LogP contribution in [0, 0.1) is 0 Å². The van der Waals surface area contributed by atoms with Crippen molar-refractivity contribution >= 4 is 6.34 Å². The summed E-state index contributed by atoms with van der Waals surface area (Å²) in [5.41, 5.74) is 0. The first-order chi connectivity index (χ1) is 6.40. The molecule has 4 nitrogen and oxygen atoms in total. The number of rotatable bonds is 2. The lowest BCUT2D eigenvalue weighted by atomic mass is 10.2. The third-order valence-electron chi connectivity index (χ3n) is 2.38. The van der Waals surface area contributed by atoms with Crippen molar-refractivity contribution in [3.8, 4) is 0 Å². The highest BCUT2D eigenvalue weighted by atomic mass is 16.5. The van der Waals surface area contributed by atoms with Gasteiger partial charge < -0.3 is 14.7 Å². The first kappa shape index (κ1) is 8.72. The van der Waals surface area contributed by atoms with Gasteiger partial charge in [-0.05, 0) is 18.9 Å². The molecule has 0 bridgehead atoms. The average Bonchev–Trinajstić information content (AvgIpc) is 2.67. The van der Waals surface area contributed by atoms with Crippen molar-refractivity contribution in [2.24, 2.45) is 4.99 Å². The van der Waals surface area contributed by atoms with Gasteiger partial charge in [0, 0.05) is 12.7 Å². The second kappa shape index (κ2) is 3.89. The predicted molar refractivity (Wildman–Crippen MR) is 49.3 cm³/mol. The van der Waals surface area contributed by atoms with Gasteiger partial charge in [-0.2, -0.15) is 0 Å². The van der Waals surface area contributed by atoms with Gasteiger partial charge in [-0.1, -0.05) is 0 Å². The molecule has 1 N–H and O–H groups in total. The fourth-order valence-electron chi connectivity index (χ4n) is 1.66. The quantitative estimate of drug-likeness (QED) is 0.670. The Balaban J connectivity index is 1.88. The van der Waals surface area contributed by atoms with Crippen LogP contribution in [0.15, 0.2) is 17.3 Å². The van der Waals surface area contributed by atoms with E-state index < -0.39 is 0 Å². The van der Waals surface area contributed by atoms with E-state index in [4.69, 9.17) is 9.84 Å². The van der Waals surface area contributed by atoms with Gasteiger partial charge in [0.25, 0.3) is 0 Å². The van der Waals surface area contributed by atoms with E-state index in [2.05, 4.69) is 9.89 Å². The Morgan fingerprint density at radius 2 is 2.46 bits per heavy atom. The van der Waals surface area contributed by atoms with E-state index in [1.807, 2.05) is 6.08 Å². The van der Waals surface area contributed by atoms with E-state index in [0.29, 0.717) is 0 Å². The molecule has 0 aromatic carbocycles. The summed E-state index contributed by atoms with van der Waals surface area (Å²) < 4.78 is 5.60. The summed E-state index contributed by atoms with van der Waals surface area (Å²) in [6, 6.07) is 0. The fourth-order valence-corrected chi connectivity index (χ4v) is 1.66. The second-order valence-corrected chi connectivity index (χ2v) is 3.32. The maximum Gasteiger partial charge on any atom is 0.131 e. The van der Waals surface area contributed by atoms with Crippen LogP contribution in [0.5, 0.6) is 0 Å². The first-order valence-electron chi connectivity index (χ1n) is 4.60. The van der Waals surface area contributed by atoms with Crippen LogP contribution in [0.1, 0.15) is 12.8 Å². The normalized spacial score (nSPS) is 32.8. The molecule has 2 aliphatic heterocycles. The van der Waals surface area contributed by atoms with Gasteiger partial charge in [0.05, 0.1) is 19.0 Å². The van der Waals surface area contributed by atoms with Crippen LogP contribution in [-0.2, 0) is 4.74 Å². The van der Waals surface area contributed by atoms with Crippen molar-refractivity contribution in [2.45, 2.75) is 25.2 Å². The molecule has 0 aromatic rings. The largest absolute Gasteiger partial charge is 0.394 e. The highest BCUT2D eigenvalue weighted by molar-refractivity contribution is 5.57. The third-order valence-corrected chi connectivity index (χ3v) is 2.38. The summed E-state index contributed by atoms with van der Waals surface area (Å²) in [6.07, 6.45) is 7.62. The number of aliphatic hydroxyl groups is 1. The van der Waals surface area contributed by atoms with Crippen molar-refractivity contribution < 1.29 is 9.84 Å². The summed E-state index contributed by atoms with van der Waals surface area (Å²) in [7, 11) is 0. The maximum absolute atomic E-state index is 8.89. The Kier molecular flexibility index (Phi) is 2.61. The summed E-state index contributed by atoms with van der Waals surface area (Å²) in [5, 5.41) is 8.89. The third kappa shape index (κ3) is 1.89.